The lowest BCUT2D eigenvalue weighted by molar-refractivity contribution is -0.122. The molecule has 0 aliphatic heterocycles. The van der Waals surface area contributed by atoms with Crippen LogP contribution in [0, 0.1) is 11.3 Å². The van der Waals surface area contributed by atoms with Crippen LogP contribution in [0.5, 0.6) is 0 Å². The van der Waals surface area contributed by atoms with Gasteiger partial charge >= 0.3 is 6.09 Å². The van der Waals surface area contributed by atoms with Gasteiger partial charge in [0.25, 0.3) is 0 Å². The van der Waals surface area contributed by atoms with Crippen molar-refractivity contribution in [3.63, 3.8) is 0 Å². The van der Waals surface area contributed by atoms with E-state index in [2.05, 4.69) is 30.3 Å². The average molecular weight is 333 g/mol. The Kier molecular flexibility index (Phi) is 7.28. The third kappa shape index (κ3) is 8.02. The molecule has 2 amide bonds. The lowest BCUT2D eigenvalue weighted by atomic mass is 10.2. The van der Waals surface area contributed by atoms with Crippen molar-refractivity contribution in [3.05, 3.63) is 35.9 Å². The fourth-order valence-electron chi connectivity index (χ4n) is 1.98. The van der Waals surface area contributed by atoms with Crippen molar-refractivity contribution < 1.29 is 14.3 Å². The lowest BCUT2D eigenvalue weighted by Crippen LogP contribution is -2.50. The monoisotopic (exact) mass is 333 g/mol. The molecule has 0 saturated carbocycles. The molecule has 7 heteroatoms. The molecule has 0 unspecified atom stereocenters. The summed E-state index contributed by atoms with van der Waals surface area (Å²) in [4.78, 5) is 24.0. The van der Waals surface area contributed by atoms with E-state index in [1.165, 1.54) is 0 Å². The SMILES string of the molecule is C[Si](C)(C)C[C@H](NC(=O)OCc1ccccc1)C(=O)NCC#N. The highest BCUT2D eigenvalue weighted by atomic mass is 28.3. The first kappa shape index (κ1) is 18.7. The van der Waals surface area contributed by atoms with Crippen LogP contribution in [0.1, 0.15) is 5.56 Å². The Morgan fingerprint density at radius 3 is 2.48 bits per heavy atom. The molecule has 0 aliphatic rings. The van der Waals surface area contributed by atoms with Crippen molar-refractivity contribution in [2.45, 2.75) is 38.3 Å². The zero-order valence-electron chi connectivity index (χ0n) is 13.8. The molecule has 1 aromatic carbocycles. The van der Waals surface area contributed by atoms with Gasteiger partial charge in [-0.1, -0.05) is 50.0 Å². The second-order valence-corrected chi connectivity index (χ2v) is 11.9. The Morgan fingerprint density at radius 2 is 1.91 bits per heavy atom. The Morgan fingerprint density at radius 1 is 1.26 bits per heavy atom. The van der Waals surface area contributed by atoms with Gasteiger partial charge in [0.05, 0.1) is 6.07 Å². The summed E-state index contributed by atoms with van der Waals surface area (Å²) in [5.41, 5.74) is 0.873. The lowest BCUT2D eigenvalue weighted by Gasteiger charge is -2.24. The minimum Gasteiger partial charge on any atom is -0.445 e. The zero-order chi connectivity index (χ0) is 17.3. The van der Waals surface area contributed by atoms with Crippen LogP contribution in [0.3, 0.4) is 0 Å². The molecule has 1 rings (SSSR count). The highest BCUT2D eigenvalue weighted by Crippen LogP contribution is 2.12. The Bertz CT molecular complexity index is 564. The van der Waals surface area contributed by atoms with E-state index in [9.17, 15) is 9.59 Å². The highest BCUT2D eigenvalue weighted by molar-refractivity contribution is 6.76. The maximum Gasteiger partial charge on any atom is 0.408 e. The van der Waals surface area contributed by atoms with Crippen LogP contribution in [0.25, 0.3) is 0 Å². The van der Waals surface area contributed by atoms with Crippen molar-refractivity contribution in [3.8, 4) is 6.07 Å². The van der Waals surface area contributed by atoms with E-state index in [0.29, 0.717) is 6.04 Å². The van der Waals surface area contributed by atoms with Gasteiger partial charge in [0, 0.05) is 8.07 Å². The normalized spacial score (nSPS) is 11.9. The number of ether oxygens (including phenoxy) is 1. The highest BCUT2D eigenvalue weighted by Gasteiger charge is 2.27. The molecule has 124 valence electrons. The molecular formula is C16H23N3O3Si. The fourth-order valence-corrected chi connectivity index (χ4v) is 3.49. The van der Waals surface area contributed by atoms with E-state index in [4.69, 9.17) is 10.00 Å². The first-order chi connectivity index (χ1) is 10.8. The number of alkyl carbamates (subject to hydrolysis) is 1. The van der Waals surface area contributed by atoms with Crippen molar-refractivity contribution in [1.82, 2.24) is 10.6 Å². The quantitative estimate of drug-likeness (QED) is 0.591. The minimum atomic E-state index is -1.59. The maximum atomic E-state index is 12.1. The van der Waals surface area contributed by atoms with Crippen LogP contribution < -0.4 is 10.6 Å². The van der Waals surface area contributed by atoms with Crippen molar-refractivity contribution >= 4 is 20.1 Å². The Labute approximate surface area is 137 Å². The van der Waals surface area contributed by atoms with Crippen LogP contribution in [-0.4, -0.2) is 32.7 Å². The molecule has 23 heavy (non-hydrogen) atoms. The van der Waals surface area contributed by atoms with Gasteiger partial charge in [-0.15, -0.1) is 0 Å². The summed E-state index contributed by atoms with van der Waals surface area (Å²) in [6, 6.07) is 11.1. The van der Waals surface area contributed by atoms with Crippen LogP contribution in [-0.2, 0) is 16.1 Å². The predicted octanol–water partition coefficient (Wildman–Crippen LogP) is 2.26. The molecule has 6 nitrogen and oxygen atoms in total. The third-order valence-electron chi connectivity index (χ3n) is 2.98. The largest absolute Gasteiger partial charge is 0.445 e. The van der Waals surface area contributed by atoms with Gasteiger partial charge in [0.1, 0.15) is 19.2 Å². The van der Waals surface area contributed by atoms with Crippen LogP contribution in [0.4, 0.5) is 4.79 Å². The number of carbonyl (C=O) groups excluding carboxylic acids is 2. The van der Waals surface area contributed by atoms with Gasteiger partial charge in [0.15, 0.2) is 0 Å². The van der Waals surface area contributed by atoms with Gasteiger partial charge in [-0.05, 0) is 11.6 Å². The first-order valence-electron chi connectivity index (χ1n) is 7.44. The summed E-state index contributed by atoms with van der Waals surface area (Å²) in [5, 5.41) is 13.6. The summed E-state index contributed by atoms with van der Waals surface area (Å²) in [6.07, 6.45) is -0.635. The summed E-state index contributed by atoms with van der Waals surface area (Å²) in [7, 11) is -1.59. The minimum absolute atomic E-state index is 0.0816. The molecule has 0 aromatic heterocycles. The summed E-state index contributed by atoms with van der Waals surface area (Å²) >= 11 is 0. The second kappa shape index (κ2) is 8.95. The van der Waals surface area contributed by atoms with Gasteiger partial charge in [-0.25, -0.2) is 4.79 Å². The van der Waals surface area contributed by atoms with E-state index < -0.39 is 20.2 Å². The predicted molar refractivity (Wildman–Crippen MR) is 90.3 cm³/mol. The molecule has 1 atom stereocenters. The number of hydrogen-bond acceptors (Lipinski definition) is 4. The molecule has 0 fully saturated rings. The van der Waals surface area contributed by atoms with Gasteiger partial charge in [-0.3, -0.25) is 4.79 Å². The number of nitriles is 1. The summed E-state index contributed by atoms with van der Waals surface area (Å²) < 4.78 is 5.15. The Hall–Kier alpha value is -2.33. The molecule has 0 aliphatic carbocycles. The van der Waals surface area contributed by atoms with E-state index in [1.54, 1.807) is 0 Å². The third-order valence-corrected chi connectivity index (χ3v) is 4.61. The molecule has 0 saturated heterocycles. The van der Waals surface area contributed by atoms with Crippen molar-refractivity contribution in [1.29, 1.82) is 5.26 Å². The molecule has 0 bridgehead atoms. The number of rotatable bonds is 7. The number of nitrogens with zero attached hydrogens (tertiary/aromatic N) is 1. The number of benzene rings is 1. The van der Waals surface area contributed by atoms with E-state index in [1.807, 2.05) is 36.4 Å². The standard InChI is InChI=1S/C16H23N3O3Si/c1-23(2,3)12-14(15(20)18-10-9-17)19-16(21)22-11-13-7-5-4-6-8-13/h4-8,14H,10-12H2,1-3H3,(H,18,20)(H,19,21)/t14-/m0/s1. The van der Waals surface area contributed by atoms with Crippen molar-refractivity contribution in [2.24, 2.45) is 0 Å². The number of nitrogens with one attached hydrogen (secondary N) is 2. The summed E-state index contributed by atoms with van der Waals surface area (Å²) in [5.74, 6) is -0.356. The number of hydrogen-bond donors (Lipinski definition) is 2. The smallest absolute Gasteiger partial charge is 0.408 e. The van der Waals surface area contributed by atoms with Gasteiger partial charge in [-0.2, -0.15) is 5.26 Å². The molecule has 0 heterocycles. The first-order valence-corrected chi connectivity index (χ1v) is 11.1. The molecule has 2 N–H and O–H groups in total. The maximum absolute atomic E-state index is 12.1. The molecule has 1 aromatic rings. The van der Waals surface area contributed by atoms with E-state index >= 15 is 0 Å². The summed E-state index contributed by atoms with van der Waals surface area (Å²) in [6.45, 7) is 6.38. The van der Waals surface area contributed by atoms with E-state index in [0.717, 1.165) is 5.56 Å². The molecule has 0 radical (unpaired) electrons. The van der Waals surface area contributed by atoms with E-state index in [-0.39, 0.29) is 19.1 Å². The van der Waals surface area contributed by atoms with Crippen LogP contribution >= 0.6 is 0 Å². The van der Waals surface area contributed by atoms with Gasteiger partial charge in [0.2, 0.25) is 5.91 Å². The zero-order valence-corrected chi connectivity index (χ0v) is 14.8. The van der Waals surface area contributed by atoms with Crippen LogP contribution in [0.2, 0.25) is 25.7 Å². The van der Waals surface area contributed by atoms with Crippen LogP contribution in [0.15, 0.2) is 30.3 Å². The average Bonchev–Trinajstić information content (AvgIpc) is 2.49. The topological polar surface area (TPSA) is 91.2 Å². The molecular weight excluding hydrogens is 310 g/mol. The molecule has 0 spiro atoms. The number of amides is 2. The van der Waals surface area contributed by atoms with Crippen molar-refractivity contribution in [2.75, 3.05) is 6.54 Å². The fraction of sp³-hybridized carbons (Fsp3) is 0.438. The van der Waals surface area contributed by atoms with Gasteiger partial charge < -0.3 is 15.4 Å². The number of carbonyl (C=O) groups is 2. The Balaban J connectivity index is 2.59. The second-order valence-electron chi connectivity index (χ2n) is 6.40.